The maximum Gasteiger partial charge on any atom is 0.226 e. The molecule has 2 heterocycles. The molecule has 0 spiro atoms. The van der Waals surface area contributed by atoms with Gasteiger partial charge >= 0.3 is 0 Å². The molecule has 0 radical (unpaired) electrons. The van der Waals surface area contributed by atoms with Crippen molar-refractivity contribution >= 4 is 17.2 Å². The highest BCUT2D eigenvalue weighted by Gasteiger charge is 2.29. The molecule has 1 N–H and O–H groups in total. The van der Waals surface area contributed by atoms with Crippen LogP contribution in [0.1, 0.15) is 37.4 Å². The van der Waals surface area contributed by atoms with E-state index in [0.29, 0.717) is 19.6 Å². The molecule has 1 saturated heterocycles. The topological polar surface area (TPSA) is 54.5 Å². The molecule has 1 aliphatic heterocycles. The maximum atomic E-state index is 12.3. The lowest BCUT2D eigenvalue weighted by atomic mass is 10.0. The number of carbonyl (C=O) groups excluding carboxylic acids is 1. The molecule has 1 aliphatic rings. The summed E-state index contributed by atoms with van der Waals surface area (Å²) in [6.45, 7) is 7.73. The van der Waals surface area contributed by atoms with Crippen LogP contribution in [0, 0.1) is 0 Å². The Morgan fingerprint density at radius 1 is 1.27 bits per heavy atom. The van der Waals surface area contributed by atoms with E-state index in [0.717, 1.165) is 29.5 Å². The first kappa shape index (κ1) is 18.9. The zero-order valence-corrected chi connectivity index (χ0v) is 16.3. The van der Waals surface area contributed by atoms with Gasteiger partial charge in [0, 0.05) is 17.5 Å². The average Bonchev–Trinajstić information content (AvgIpc) is 3.32. The molecule has 0 aliphatic carbocycles. The van der Waals surface area contributed by atoms with E-state index in [9.17, 15) is 4.79 Å². The second-order valence-corrected chi connectivity index (χ2v) is 8.24. The number of aromatic nitrogens is 1. The van der Waals surface area contributed by atoms with Crippen molar-refractivity contribution in [3.8, 4) is 5.75 Å². The van der Waals surface area contributed by atoms with Gasteiger partial charge in [0.2, 0.25) is 5.91 Å². The Labute approximate surface area is 159 Å². The Hall–Kier alpha value is -1.92. The molecule has 1 aromatic carbocycles. The third kappa shape index (κ3) is 5.29. The number of thiazole rings is 1. The van der Waals surface area contributed by atoms with E-state index >= 15 is 0 Å². The van der Waals surface area contributed by atoms with Crippen molar-refractivity contribution in [2.75, 3.05) is 19.6 Å². The number of nitrogens with zero attached hydrogens (tertiary/aromatic N) is 2. The first-order chi connectivity index (χ1) is 12.5. The molecule has 2 aromatic rings. The van der Waals surface area contributed by atoms with E-state index in [1.54, 1.807) is 0 Å². The monoisotopic (exact) mass is 373 g/mol. The Morgan fingerprint density at radius 2 is 2.00 bits per heavy atom. The molecule has 6 heteroatoms. The largest absolute Gasteiger partial charge is 0.486 e. The number of hydrogen-bond donors (Lipinski definition) is 1. The lowest BCUT2D eigenvalue weighted by Crippen LogP contribution is -2.50. The van der Waals surface area contributed by atoms with Gasteiger partial charge in [0.1, 0.15) is 17.4 Å². The fourth-order valence-electron chi connectivity index (χ4n) is 3.13. The molecule has 1 aromatic heterocycles. The van der Waals surface area contributed by atoms with Crippen LogP contribution in [-0.4, -0.2) is 41.0 Å². The first-order valence-corrected chi connectivity index (χ1v) is 10.0. The van der Waals surface area contributed by atoms with Crippen molar-refractivity contribution in [2.24, 2.45) is 0 Å². The zero-order chi connectivity index (χ0) is 18.4. The summed E-state index contributed by atoms with van der Waals surface area (Å²) in [5.41, 5.74) is 0.807. The normalized spacial score (nSPS) is 15.2. The number of amides is 1. The molecule has 1 fully saturated rings. The van der Waals surface area contributed by atoms with Crippen LogP contribution in [0.25, 0.3) is 0 Å². The van der Waals surface area contributed by atoms with Gasteiger partial charge in [-0.2, -0.15) is 0 Å². The number of carbonyl (C=O) groups is 1. The molecule has 140 valence electrons. The third-order valence-corrected chi connectivity index (χ3v) is 5.60. The van der Waals surface area contributed by atoms with E-state index in [2.05, 4.69) is 29.0 Å². The predicted molar refractivity (Wildman–Crippen MR) is 104 cm³/mol. The number of para-hydroxylation sites is 1. The molecule has 26 heavy (non-hydrogen) atoms. The van der Waals surface area contributed by atoms with Gasteiger partial charge in [-0.05, 0) is 51.9 Å². The highest BCUT2D eigenvalue weighted by molar-refractivity contribution is 7.09. The van der Waals surface area contributed by atoms with Crippen molar-refractivity contribution in [1.82, 2.24) is 15.2 Å². The summed E-state index contributed by atoms with van der Waals surface area (Å²) >= 11 is 1.53. The van der Waals surface area contributed by atoms with Gasteiger partial charge in [-0.1, -0.05) is 18.2 Å². The van der Waals surface area contributed by atoms with Gasteiger partial charge in [0.25, 0.3) is 0 Å². The van der Waals surface area contributed by atoms with E-state index in [1.807, 2.05) is 35.7 Å². The van der Waals surface area contributed by atoms with E-state index < -0.39 is 0 Å². The van der Waals surface area contributed by atoms with Crippen molar-refractivity contribution in [1.29, 1.82) is 0 Å². The Balaban J connectivity index is 1.44. The van der Waals surface area contributed by atoms with Crippen molar-refractivity contribution in [2.45, 2.75) is 45.3 Å². The highest BCUT2D eigenvalue weighted by atomic mass is 32.1. The van der Waals surface area contributed by atoms with Crippen LogP contribution in [0.4, 0.5) is 0 Å². The van der Waals surface area contributed by atoms with Crippen LogP contribution in [0.5, 0.6) is 5.75 Å². The molecular formula is C20H27N3O2S. The number of rotatable bonds is 8. The van der Waals surface area contributed by atoms with Gasteiger partial charge in [0.15, 0.2) is 0 Å². The number of ether oxygens (including phenoxy) is 1. The highest BCUT2D eigenvalue weighted by Crippen LogP contribution is 2.20. The summed E-state index contributed by atoms with van der Waals surface area (Å²) in [6.07, 6.45) is 2.83. The van der Waals surface area contributed by atoms with Gasteiger partial charge < -0.3 is 10.1 Å². The fourth-order valence-corrected chi connectivity index (χ4v) is 3.84. The minimum absolute atomic E-state index is 0.00290. The van der Waals surface area contributed by atoms with Gasteiger partial charge in [-0.15, -0.1) is 11.3 Å². The summed E-state index contributed by atoms with van der Waals surface area (Å²) in [6, 6.07) is 9.68. The number of likely N-dealkylation sites (tertiary alicyclic amines) is 1. The molecule has 0 saturated carbocycles. The third-order valence-electron chi connectivity index (χ3n) is 4.73. The Morgan fingerprint density at radius 3 is 2.73 bits per heavy atom. The van der Waals surface area contributed by atoms with Crippen molar-refractivity contribution < 1.29 is 9.53 Å². The first-order valence-electron chi connectivity index (χ1n) is 9.16. The van der Waals surface area contributed by atoms with Crippen LogP contribution in [0.3, 0.4) is 0 Å². The second-order valence-electron chi connectivity index (χ2n) is 7.29. The smallest absolute Gasteiger partial charge is 0.226 e. The van der Waals surface area contributed by atoms with E-state index in [-0.39, 0.29) is 11.4 Å². The molecule has 3 rings (SSSR count). The maximum absolute atomic E-state index is 12.3. The minimum atomic E-state index is 0.00290. The molecule has 1 amide bonds. The van der Waals surface area contributed by atoms with Crippen molar-refractivity contribution in [3.63, 3.8) is 0 Å². The van der Waals surface area contributed by atoms with E-state index in [1.165, 1.54) is 24.2 Å². The predicted octanol–water partition coefficient (Wildman–Crippen LogP) is 3.26. The minimum Gasteiger partial charge on any atom is -0.486 e. The van der Waals surface area contributed by atoms with Gasteiger partial charge in [0.05, 0.1) is 12.1 Å². The molecule has 0 bridgehead atoms. The molecule has 5 nitrogen and oxygen atoms in total. The Kier molecular flexibility index (Phi) is 6.27. The summed E-state index contributed by atoms with van der Waals surface area (Å²) in [7, 11) is 0. The van der Waals surface area contributed by atoms with Crippen LogP contribution in [0.2, 0.25) is 0 Å². The Bertz CT molecular complexity index is 709. The van der Waals surface area contributed by atoms with E-state index in [4.69, 9.17) is 4.74 Å². The zero-order valence-electron chi connectivity index (χ0n) is 15.5. The van der Waals surface area contributed by atoms with Crippen molar-refractivity contribution in [3.05, 3.63) is 46.4 Å². The van der Waals surface area contributed by atoms with Crippen LogP contribution in [0.15, 0.2) is 35.7 Å². The van der Waals surface area contributed by atoms with Crippen LogP contribution in [-0.2, 0) is 17.8 Å². The SMILES string of the molecule is CC(C)(CNC(=O)Cc1csc(COc2ccccc2)n1)N1CCCC1. The second kappa shape index (κ2) is 8.64. The number of nitrogens with one attached hydrogen (secondary N) is 1. The number of hydrogen-bond acceptors (Lipinski definition) is 5. The quantitative estimate of drug-likeness (QED) is 0.772. The summed E-state index contributed by atoms with van der Waals surface area (Å²) < 4.78 is 5.70. The lowest BCUT2D eigenvalue weighted by molar-refractivity contribution is -0.121. The number of benzene rings is 1. The molecular weight excluding hydrogens is 346 g/mol. The average molecular weight is 374 g/mol. The fraction of sp³-hybridized carbons (Fsp3) is 0.500. The van der Waals surface area contributed by atoms with Gasteiger partial charge in [-0.3, -0.25) is 9.69 Å². The summed E-state index contributed by atoms with van der Waals surface area (Å²) in [5, 5.41) is 5.89. The standard InChI is InChI=1S/C20H27N3O2S/c1-20(2,23-10-6-7-11-23)15-21-18(24)12-16-14-26-19(22-16)13-25-17-8-4-3-5-9-17/h3-5,8-9,14H,6-7,10-13,15H2,1-2H3,(H,21,24). The molecule has 0 unspecified atom stereocenters. The van der Waals surface area contributed by atoms with Gasteiger partial charge in [-0.25, -0.2) is 4.98 Å². The summed E-state index contributed by atoms with van der Waals surface area (Å²) in [5.74, 6) is 0.851. The lowest BCUT2D eigenvalue weighted by Gasteiger charge is -2.35. The van der Waals surface area contributed by atoms with Crippen LogP contribution >= 0.6 is 11.3 Å². The molecule has 0 atom stereocenters. The van der Waals surface area contributed by atoms with Crippen LogP contribution < -0.4 is 10.1 Å². The summed E-state index contributed by atoms with van der Waals surface area (Å²) in [4.78, 5) is 19.2.